The third-order valence-corrected chi connectivity index (χ3v) is 3.43. The molecule has 4 heteroatoms. The number of para-hydroxylation sites is 1. The third-order valence-electron chi connectivity index (χ3n) is 3.43. The van der Waals surface area contributed by atoms with E-state index in [4.69, 9.17) is 4.74 Å². The molecule has 2 rings (SSSR count). The van der Waals surface area contributed by atoms with E-state index in [-0.39, 0.29) is 18.6 Å². The minimum absolute atomic E-state index is 0.123. The highest BCUT2D eigenvalue weighted by Gasteiger charge is 2.25. The molecule has 1 amide bonds. The SMILES string of the molecule is CN(CC(C)(C)O)C(=O)c1ccccc1OC1CCC1. The van der Waals surface area contributed by atoms with Gasteiger partial charge in [-0.3, -0.25) is 4.79 Å². The van der Waals surface area contributed by atoms with E-state index in [1.807, 2.05) is 18.2 Å². The Morgan fingerprint density at radius 2 is 2.05 bits per heavy atom. The van der Waals surface area contributed by atoms with Crippen molar-refractivity contribution in [2.24, 2.45) is 0 Å². The van der Waals surface area contributed by atoms with Crippen LogP contribution in [0.1, 0.15) is 43.5 Å². The summed E-state index contributed by atoms with van der Waals surface area (Å²) in [4.78, 5) is 14.0. The Balaban J connectivity index is 2.12. The van der Waals surface area contributed by atoms with Crippen molar-refractivity contribution in [3.63, 3.8) is 0 Å². The van der Waals surface area contributed by atoms with Crippen LogP contribution in [0.15, 0.2) is 24.3 Å². The van der Waals surface area contributed by atoms with Crippen molar-refractivity contribution in [1.82, 2.24) is 4.90 Å². The molecule has 0 saturated heterocycles. The van der Waals surface area contributed by atoms with Crippen LogP contribution in [0.3, 0.4) is 0 Å². The van der Waals surface area contributed by atoms with Crippen LogP contribution < -0.4 is 4.74 Å². The van der Waals surface area contributed by atoms with Gasteiger partial charge in [0.25, 0.3) is 5.91 Å². The van der Waals surface area contributed by atoms with Crippen LogP contribution in [0.4, 0.5) is 0 Å². The molecule has 4 nitrogen and oxygen atoms in total. The molecular weight excluding hydrogens is 254 g/mol. The Kier molecular flexibility index (Phi) is 4.33. The second kappa shape index (κ2) is 5.83. The molecule has 0 radical (unpaired) electrons. The minimum Gasteiger partial charge on any atom is -0.490 e. The molecule has 0 aromatic heterocycles. The number of benzene rings is 1. The summed E-state index contributed by atoms with van der Waals surface area (Å²) in [5.74, 6) is 0.520. The van der Waals surface area contributed by atoms with Crippen LogP contribution >= 0.6 is 0 Å². The molecule has 1 saturated carbocycles. The Labute approximate surface area is 120 Å². The van der Waals surface area contributed by atoms with Gasteiger partial charge in [0, 0.05) is 13.6 Å². The number of likely N-dealkylation sites (N-methyl/N-ethyl adjacent to an activating group) is 1. The molecule has 1 fully saturated rings. The van der Waals surface area contributed by atoms with Crippen LogP contribution in [-0.2, 0) is 0 Å². The normalized spacial score (nSPS) is 15.6. The van der Waals surface area contributed by atoms with Gasteiger partial charge in [0.2, 0.25) is 0 Å². The zero-order valence-electron chi connectivity index (χ0n) is 12.4. The average molecular weight is 277 g/mol. The van der Waals surface area contributed by atoms with Gasteiger partial charge in [-0.2, -0.15) is 0 Å². The lowest BCUT2D eigenvalue weighted by molar-refractivity contribution is 0.0362. The Hall–Kier alpha value is -1.55. The van der Waals surface area contributed by atoms with Crippen molar-refractivity contribution >= 4 is 5.91 Å². The van der Waals surface area contributed by atoms with Gasteiger partial charge in [-0.15, -0.1) is 0 Å². The molecule has 0 aliphatic heterocycles. The molecular formula is C16H23NO3. The molecule has 1 aromatic rings. The molecule has 0 bridgehead atoms. The highest BCUT2D eigenvalue weighted by Crippen LogP contribution is 2.28. The van der Waals surface area contributed by atoms with Crippen LogP contribution in [0.5, 0.6) is 5.75 Å². The summed E-state index contributed by atoms with van der Waals surface area (Å²) in [6, 6.07) is 7.32. The van der Waals surface area contributed by atoms with E-state index in [1.165, 1.54) is 11.3 Å². The van der Waals surface area contributed by atoms with Gasteiger partial charge in [0.15, 0.2) is 0 Å². The van der Waals surface area contributed by atoms with Crippen LogP contribution in [0.2, 0.25) is 0 Å². The highest BCUT2D eigenvalue weighted by atomic mass is 16.5. The van der Waals surface area contributed by atoms with Crippen molar-refractivity contribution in [3.05, 3.63) is 29.8 Å². The molecule has 1 aliphatic carbocycles. The van der Waals surface area contributed by atoms with Crippen molar-refractivity contribution < 1.29 is 14.6 Å². The van der Waals surface area contributed by atoms with E-state index in [0.717, 1.165) is 12.8 Å². The van der Waals surface area contributed by atoms with E-state index in [2.05, 4.69) is 0 Å². The molecule has 0 unspecified atom stereocenters. The summed E-state index contributed by atoms with van der Waals surface area (Å²) in [7, 11) is 1.69. The number of hydrogen-bond donors (Lipinski definition) is 1. The number of amides is 1. The molecule has 20 heavy (non-hydrogen) atoms. The molecule has 110 valence electrons. The first-order valence-corrected chi connectivity index (χ1v) is 7.10. The first-order chi connectivity index (χ1) is 9.37. The minimum atomic E-state index is -0.909. The van der Waals surface area contributed by atoms with Crippen LogP contribution in [-0.4, -0.2) is 41.2 Å². The molecule has 0 spiro atoms. The first kappa shape index (κ1) is 14.9. The van der Waals surface area contributed by atoms with Gasteiger partial charge >= 0.3 is 0 Å². The lowest BCUT2D eigenvalue weighted by atomic mass is 9.96. The fourth-order valence-electron chi connectivity index (χ4n) is 2.27. The number of carbonyl (C=O) groups is 1. The quantitative estimate of drug-likeness (QED) is 0.899. The first-order valence-electron chi connectivity index (χ1n) is 7.10. The third kappa shape index (κ3) is 3.73. The number of rotatable bonds is 5. The zero-order valence-corrected chi connectivity index (χ0v) is 12.4. The summed E-state index contributed by atoms with van der Waals surface area (Å²) < 4.78 is 5.87. The topological polar surface area (TPSA) is 49.8 Å². The maximum absolute atomic E-state index is 12.5. The fourth-order valence-corrected chi connectivity index (χ4v) is 2.27. The number of aliphatic hydroxyl groups is 1. The lowest BCUT2D eigenvalue weighted by Crippen LogP contribution is -2.40. The molecule has 0 heterocycles. The van der Waals surface area contributed by atoms with Crippen LogP contribution in [0.25, 0.3) is 0 Å². The Morgan fingerprint density at radius 3 is 2.60 bits per heavy atom. The van der Waals surface area contributed by atoms with E-state index in [9.17, 15) is 9.90 Å². The summed E-state index contributed by atoms with van der Waals surface area (Å²) in [6.07, 6.45) is 3.55. The number of carbonyl (C=O) groups excluding carboxylic acids is 1. The van der Waals surface area contributed by atoms with Crippen molar-refractivity contribution in [3.8, 4) is 5.75 Å². The Morgan fingerprint density at radius 1 is 1.40 bits per heavy atom. The zero-order chi connectivity index (χ0) is 14.8. The summed E-state index contributed by atoms with van der Waals surface area (Å²) >= 11 is 0. The van der Waals surface area contributed by atoms with Gasteiger partial charge < -0.3 is 14.7 Å². The maximum atomic E-state index is 12.5. The number of hydrogen-bond acceptors (Lipinski definition) is 3. The average Bonchev–Trinajstić information content (AvgIpc) is 2.31. The van der Waals surface area contributed by atoms with Gasteiger partial charge in [0.1, 0.15) is 5.75 Å². The van der Waals surface area contributed by atoms with Crippen LogP contribution in [0, 0.1) is 0 Å². The molecule has 1 aromatic carbocycles. The number of ether oxygens (including phenoxy) is 1. The van der Waals surface area contributed by atoms with E-state index in [0.29, 0.717) is 11.3 Å². The number of nitrogens with zero attached hydrogens (tertiary/aromatic N) is 1. The molecule has 1 N–H and O–H groups in total. The monoisotopic (exact) mass is 277 g/mol. The van der Waals surface area contributed by atoms with E-state index in [1.54, 1.807) is 27.0 Å². The molecule has 0 atom stereocenters. The second-order valence-corrected chi connectivity index (χ2v) is 6.14. The smallest absolute Gasteiger partial charge is 0.257 e. The largest absolute Gasteiger partial charge is 0.490 e. The predicted octanol–water partition coefficient (Wildman–Crippen LogP) is 2.46. The van der Waals surface area contributed by atoms with Gasteiger partial charge in [-0.1, -0.05) is 12.1 Å². The van der Waals surface area contributed by atoms with Crippen molar-refractivity contribution in [1.29, 1.82) is 0 Å². The predicted molar refractivity (Wildman–Crippen MR) is 78.0 cm³/mol. The lowest BCUT2D eigenvalue weighted by Gasteiger charge is -2.29. The van der Waals surface area contributed by atoms with E-state index >= 15 is 0 Å². The van der Waals surface area contributed by atoms with E-state index < -0.39 is 5.60 Å². The van der Waals surface area contributed by atoms with Gasteiger partial charge in [-0.25, -0.2) is 0 Å². The fraction of sp³-hybridized carbons (Fsp3) is 0.562. The van der Waals surface area contributed by atoms with Gasteiger partial charge in [0.05, 0.1) is 17.3 Å². The summed E-state index contributed by atoms with van der Waals surface area (Å²) in [5, 5.41) is 9.82. The maximum Gasteiger partial charge on any atom is 0.257 e. The highest BCUT2D eigenvalue weighted by molar-refractivity contribution is 5.96. The second-order valence-electron chi connectivity index (χ2n) is 6.14. The van der Waals surface area contributed by atoms with Crippen molar-refractivity contribution in [2.45, 2.75) is 44.8 Å². The standard InChI is InChI=1S/C16H23NO3/c1-16(2,19)11-17(3)15(18)13-9-4-5-10-14(13)20-12-7-6-8-12/h4-5,9-10,12,19H,6-8,11H2,1-3H3. The Bertz CT molecular complexity index is 475. The molecule has 1 aliphatic rings. The van der Waals surface area contributed by atoms with Crippen molar-refractivity contribution in [2.75, 3.05) is 13.6 Å². The summed E-state index contributed by atoms with van der Waals surface area (Å²) in [6.45, 7) is 3.66. The summed E-state index contributed by atoms with van der Waals surface area (Å²) in [5.41, 5.74) is -0.347. The van der Waals surface area contributed by atoms with Gasteiger partial charge in [-0.05, 0) is 45.2 Å².